The number of rotatable bonds is 5. The van der Waals surface area contributed by atoms with Crippen molar-refractivity contribution in [3.8, 4) is 5.75 Å². The van der Waals surface area contributed by atoms with Crippen LogP contribution in [0.3, 0.4) is 0 Å². The van der Waals surface area contributed by atoms with Gasteiger partial charge in [-0.3, -0.25) is 0 Å². The number of anilines is 1. The summed E-state index contributed by atoms with van der Waals surface area (Å²) in [4.78, 5) is 0.567. The Bertz CT molecular complexity index is 592. The lowest BCUT2D eigenvalue weighted by atomic mass is 10.2. The van der Waals surface area contributed by atoms with Crippen LogP contribution in [0.15, 0.2) is 47.4 Å². The zero-order chi connectivity index (χ0) is 14.5. The molecule has 0 aliphatic rings. The van der Waals surface area contributed by atoms with Gasteiger partial charge in [-0.25, -0.2) is 4.39 Å². The minimum atomic E-state index is -2.87. The van der Waals surface area contributed by atoms with E-state index in [4.69, 9.17) is 5.73 Å². The number of ether oxygens (including phenoxy) is 1. The van der Waals surface area contributed by atoms with E-state index in [0.29, 0.717) is 21.9 Å². The molecule has 0 bridgehead atoms. The summed E-state index contributed by atoms with van der Waals surface area (Å²) < 4.78 is 42.1. The minimum absolute atomic E-state index is 0.116. The largest absolute Gasteiger partial charge is 0.435 e. The molecule has 0 spiro atoms. The van der Waals surface area contributed by atoms with Crippen LogP contribution in [0.2, 0.25) is 0 Å². The van der Waals surface area contributed by atoms with Crippen LogP contribution < -0.4 is 10.5 Å². The fourth-order valence-corrected chi connectivity index (χ4v) is 2.60. The highest BCUT2D eigenvalue weighted by molar-refractivity contribution is 7.98. The zero-order valence-electron chi connectivity index (χ0n) is 10.4. The summed E-state index contributed by atoms with van der Waals surface area (Å²) in [6.45, 7) is -2.87. The van der Waals surface area contributed by atoms with Crippen LogP contribution in [0.4, 0.5) is 18.9 Å². The van der Waals surface area contributed by atoms with E-state index >= 15 is 0 Å². The zero-order valence-corrected chi connectivity index (χ0v) is 11.2. The maximum absolute atomic E-state index is 13.1. The predicted octanol–water partition coefficient (Wildman–Crippen LogP) is 4.30. The SMILES string of the molecule is Nc1ccc(F)cc1SCc1ccccc1OC(F)F. The van der Waals surface area contributed by atoms with Crippen LogP contribution in [0, 0.1) is 5.82 Å². The van der Waals surface area contributed by atoms with Gasteiger partial charge in [-0.1, -0.05) is 18.2 Å². The normalized spacial score (nSPS) is 10.8. The number of nitrogen functional groups attached to an aromatic ring is 1. The van der Waals surface area contributed by atoms with Gasteiger partial charge in [0, 0.05) is 21.9 Å². The van der Waals surface area contributed by atoms with Crippen molar-refractivity contribution in [1.29, 1.82) is 0 Å². The molecule has 0 aliphatic heterocycles. The van der Waals surface area contributed by atoms with Crippen LogP contribution in [0.5, 0.6) is 5.75 Å². The Hall–Kier alpha value is -1.82. The molecule has 0 aromatic heterocycles. The third-order valence-corrected chi connectivity index (χ3v) is 3.67. The summed E-state index contributed by atoms with van der Waals surface area (Å²) in [5.41, 5.74) is 6.78. The first-order chi connectivity index (χ1) is 9.56. The molecule has 0 radical (unpaired) electrons. The molecule has 0 aliphatic carbocycles. The minimum Gasteiger partial charge on any atom is -0.435 e. The molecular weight excluding hydrogens is 287 g/mol. The molecule has 20 heavy (non-hydrogen) atoms. The maximum Gasteiger partial charge on any atom is 0.387 e. The van der Waals surface area contributed by atoms with Gasteiger partial charge >= 0.3 is 6.61 Å². The lowest BCUT2D eigenvalue weighted by molar-refractivity contribution is -0.0503. The van der Waals surface area contributed by atoms with E-state index in [1.165, 1.54) is 36.0 Å². The van der Waals surface area contributed by atoms with Crippen molar-refractivity contribution in [1.82, 2.24) is 0 Å². The number of alkyl halides is 2. The second kappa shape index (κ2) is 6.56. The molecule has 0 heterocycles. The van der Waals surface area contributed by atoms with E-state index in [9.17, 15) is 13.2 Å². The molecule has 0 fully saturated rings. The number of nitrogens with two attached hydrogens (primary N) is 1. The molecule has 6 heteroatoms. The van der Waals surface area contributed by atoms with Crippen molar-refractivity contribution in [3.63, 3.8) is 0 Å². The van der Waals surface area contributed by atoms with E-state index in [0.717, 1.165) is 0 Å². The Balaban J connectivity index is 2.12. The molecule has 0 unspecified atom stereocenters. The molecule has 0 atom stereocenters. The molecule has 2 N–H and O–H groups in total. The average Bonchev–Trinajstić information content (AvgIpc) is 2.41. The molecule has 2 nitrogen and oxygen atoms in total. The molecule has 2 rings (SSSR count). The number of benzene rings is 2. The topological polar surface area (TPSA) is 35.2 Å². The van der Waals surface area contributed by atoms with Crippen molar-refractivity contribution >= 4 is 17.4 Å². The standard InChI is InChI=1S/C14H12F3NOS/c15-10-5-6-11(18)13(7-10)20-8-9-3-1-2-4-12(9)19-14(16)17/h1-7,14H,8,18H2. The van der Waals surface area contributed by atoms with Crippen molar-refractivity contribution < 1.29 is 17.9 Å². The lowest BCUT2D eigenvalue weighted by Crippen LogP contribution is -2.04. The fourth-order valence-electron chi connectivity index (χ4n) is 1.62. The Kier molecular flexibility index (Phi) is 4.79. The number of hydrogen-bond acceptors (Lipinski definition) is 3. The Morgan fingerprint density at radius 1 is 1.15 bits per heavy atom. The number of halogens is 3. The highest BCUT2D eigenvalue weighted by Gasteiger charge is 2.10. The Labute approximate surface area is 118 Å². The molecular formula is C14H12F3NOS. The average molecular weight is 299 g/mol. The lowest BCUT2D eigenvalue weighted by Gasteiger charge is -2.11. The second-order valence-electron chi connectivity index (χ2n) is 3.96. The molecule has 2 aromatic rings. The third kappa shape index (κ3) is 3.84. The van der Waals surface area contributed by atoms with Gasteiger partial charge in [-0.2, -0.15) is 8.78 Å². The van der Waals surface area contributed by atoms with E-state index in [1.807, 2.05) is 0 Å². The Morgan fingerprint density at radius 2 is 1.90 bits per heavy atom. The van der Waals surface area contributed by atoms with E-state index < -0.39 is 6.61 Å². The van der Waals surface area contributed by atoms with Crippen LogP contribution in [0.1, 0.15) is 5.56 Å². The van der Waals surface area contributed by atoms with E-state index in [-0.39, 0.29) is 11.6 Å². The summed E-state index contributed by atoms with van der Waals surface area (Å²) in [6.07, 6.45) is 0. The summed E-state index contributed by atoms with van der Waals surface area (Å²) in [7, 11) is 0. The third-order valence-electron chi connectivity index (χ3n) is 2.55. The van der Waals surface area contributed by atoms with Gasteiger partial charge in [0.2, 0.25) is 0 Å². The van der Waals surface area contributed by atoms with Crippen LogP contribution >= 0.6 is 11.8 Å². The summed E-state index contributed by atoms with van der Waals surface area (Å²) in [6, 6.07) is 10.5. The first-order valence-electron chi connectivity index (χ1n) is 5.77. The quantitative estimate of drug-likeness (QED) is 0.660. The molecule has 106 valence electrons. The Morgan fingerprint density at radius 3 is 2.65 bits per heavy atom. The van der Waals surface area contributed by atoms with Crippen LogP contribution in [-0.2, 0) is 5.75 Å². The van der Waals surface area contributed by atoms with Crippen molar-refractivity contribution in [3.05, 3.63) is 53.8 Å². The molecule has 0 saturated heterocycles. The summed E-state index contributed by atoms with van der Waals surface area (Å²) in [5, 5.41) is 0. The molecule has 0 saturated carbocycles. The number of thioether (sulfide) groups is 1. The van der Waals surface area contributed by atoms with Gasteiger partial charge in [-0.15, -0.1) is 11.8 Å². The first-order valence-corrected chi connectivity index (χ1v) is 6.75. The first kappa shape index (κ1) is 14.6. The van der Waals surface area contributed by atoms with Gasteiger partial charge in [0.05, 0.1) is 0 Å². The van der Waals surface area contributed by atoms with Crippen molar-refractivity contribution in [2.45, 2.75) is 17.3 Å². The van der Waals surface area contributed by atoms with Gasteiger partial charge in [0.25, 0.3) is 0 Å². The van der Waals surface area contributed by atoms with Crippen LogP contribution in [0.25, 0.3) is 0 Å². The van der Waals surface area contributed by atoms with Crippen molar-refractivity contribution in [2.24, 2.45) is 0 Å². The van der Waals surface area contributed by atoms with Crippen molar-refractivity contribution in [2.75, 3.05) is 5.73 Å². The van der Waals surface area contributed by atoms with E-state index in [2.05, 4.69) is 4.74 Å². The molecule has 2 aromatic carbocycles. The van der Waals surface area contributed by atoms with Gasteiger partial charge in [0.15, 0.2) is 0 Å². The smallest absolute Gasteiger partial charge is 0.387 e. The second-order valence-corrected chi connectivity index (χ2v) is 4.97. The van der Waals surface area contributed by atoms with E-state index in [1.54, 1.807) is 18.2 Å². The van der Waals surface area contributed by atoms with Gasteiger partial charge < -0.3 is 10.5 Å². The van der Waals surface area contributed by atoms with Crippen LogP contribution in [-0.4, -0.2) is 6.61 Å². The summed E-state index contributed by atoms with van der Waals surface area (Å²) >= 11 is 1.27. The summed E-state index contributed by atoms with van der Waals surface area (Å²) in [5.74, 6) is 0.0834. The highest BCUT2D eigenvalue weighted by Crippen LogP contribution is 2.32. The number of hydrogen-bond donors (Lipinski definition) is 1. The maximum atomic E-state index is 13.1. The fraction of sp³-hybridized carbons (Fsp3) is 0.143. The van der Waals surface area contributed by atoms with Gasteiger partial charge in [0.1, 0.15) is 11.6 Å². The molecule has 0 amide bonds. The number of para-hydroxylation sites is 1. The monoisotopic (exact) mass is 299 g/mol. The highest BCUT2D eigenvalue weighted by atomic mass is 32.2. The van der Waals surface area contributed by atoms with Gasteiger partial charge in [-0.05, 0) is 24.3 Å². The predicted molar refractivity (Wildman–Crippen MR) is 73.4 cm³/mol.